The molecule has 0 aliphatic carbocycles. The molecule has 0 aromatic carbocycles. The number of hydrogen-bond acceptors (Lipinski definition) is 3. The van der Waals surface area contributed by atoms with E-state index in [4.69, 9.17) is 0 Å². The summed E-state index contributed by atoms with van der Waals surface area (Å²) in [5, 5.41) is 2.34. The van der Waals surface area contributed by atoms with E-state index in [9.17, 15) is 13.6 Å². The maximum atomic E-state index is 10.3. The number of hydrogen-bond donors (Lipinski definition) is 1. The van der Waals surface area contributed by atoms with Crippen molar-refractivity contribution in [1.29, 1.82) is 0 Å². The quantitative estimate of drug-likeness (QED) is 0.525. The maximum Gasteiger partial charge on any atom is 0.231 e. The Balaban J connectivity index is 3.39. The second-order valence-electron chi connectivity index (χ2n) is 1.40. The molecule has 1 amide bonds. The Morgan fingerprint density at radius 1 is 1.78 bits per heavy atom. The van der Waals surface area contributed by atoms with Crippen molar-refractivity contribution in [3.05, 3.63) is 0 Å². The van der Waals surface area contributed by atoms with E-state index in [0.717, 1.165) is 0 Å². The standard InChI is InChI=1S/C4H9NO3S/c1-2-5-4(6)3-9(7)8/h2-3H2,1H3,(H,5,6)(H,7,8)/p-1. The summed E-state index contributed by atoms with van der Waals surface area (Å²) in [5.74, 6) is -0.890. The van der Waals surface area contributed by atoms with E-state index in [-0.39, 0.29) is 0 Å². The van der Waals surface area contributed by atoms with Crippen molar-refractivity contribution in [2.75, 3.05) is 12.3 Å². The number of rotatable bonds is 3. The van der Waals surface area contributed by atoms with Crippen LogP contribution >= 0.6 is 0 Å². The topological polar surface area (TPSA) is 69.2 Å². The van der Waals surface area contributed by atoms with Crippen molar-refractivity contribution in [2.24, 2.45) is 0 Å². The molecule has 0 bridgehead atoms. The van der Waals surface area contributed by atoms with E-state index >= 15 is 0 Å². The molecule has 0 aliphatic rings. The highest BCUT2D eigenvalue weighted by Crippen LogP contribution is 1.72. The molecular weight excluding hydrogens is 142 g/mol. The number of amides is 1. The Morgan fingerprint density at radius 3 is 2.67 bits per heavy atom. The minimum Gasteiger partial charge on any atom is -0.772 e. The van der Waals surface area contributed by atoms with Crippen LogP contribution in [0.2, 0.25) is 0 Å². The van der Waals surface area contributed by atoms with Gasteiger partial charge in [0, 0.05) is 6.54 Å². The van der Waals surface area contributed by atoms with Gasteiger partial charge in [0.1, 0.15) is 0 Å². The number of carbonyl (C=O) groups is 1. The zero-order valence-corrected chi connectivity index (χ0v) is 5.86. The molecule has 54 valence electrons. The van der Waals surface area contributed by atoms with Gasteiger partial charge < -0.3 is 9.87 Å². The molecule has 0 rings (SSSR count). The Labute approximate surface area is 55.9 Å². The minimum absolute atomic E-state index is 0.437. The SMILES string of the molecule is CCNC(=O)CS(=O)[O-]. The van der Waals surface area contributed by atoms with Crippen LogP contribution in [0.1, 0.15) is 6.92 Å². The van der Waals surface area contributed by atoms with E-state index in [0.29, 0.717) is 6.54 Å². The second-order valence-corrected chi connectivity index (χ2v) is 2.30. The van der Waals surface area contributed by atoms with Crippen molar-refractivity contribution < 1.29 is 13.6 Å². The normalized spacial score (nSPS) is 12.7. The highest BCUT2D eigenvalue weighted by Gasteiger charge is 1.95. The molecule has 0 fully saturated rings. The van der Waals surface area contributed by atoms with E-state index in [1.165, 1.54) is 0 Å². The minimum atomic E-state index is -2.26. The smallest absolute Gasteiger partial charge is 0.231 e. The molecule has 0 radical (unpaired) electrons. The average molecular weight is 150 g/mol. The largest absolute Gasteiger partial charge is 0.772 e. The second kappa shape index (κ2) is 4.46. The van der Waals surface area contributed by atoms with Gasteiger partial charge in [-0.05, 0) is 18.0 Å². The fourth-order valence-corrected chi connectivity index (χ4v) is 0.671. The maximum absolute atomic E-state index is 10.3. The van der Waals surface area contributed by atoms with Crippen LogP contribution < -0.4 is 5.32 Å². The van der Waals surface area contributed by atoms with Crippen LogP contribution in [0.25, 0.3) is 0 Å². The predicted octanol–water partition coefficient (Wildman–Crippen LogP) is -0.998. The van der Waals surface area contributed by atoms with E-state index in [1.807, 2.05) is 0 Å². The first-order valence-corrected chi connectivity index (χ1v) is 3.73. The van der Waals surface area contributed by atoms with Gasteiger partial charge in [-0.1, -0.05) is 0 Å². The van der Waals surface area contributed by atoms with Crippen LogP contribution in [0.3, 0.4) is 0 Å². The van der Waals surface area contributed by atoms with Gasteiger partial charge in [-0.2, -0.15) is 0 Å². The van der Waals surface area contributed by atoms with Crippen molar-refractivity contribution in [3.63, 3.8) is 0 Å². The molecule has 1 N–H and O–H groups in total. The monoisotopic (exact) mass is 150 g/mol. The summed E-state index contributed by atoms with van der Waals surface area (Å²) in [6, 6.07) is 0. The first-order valence-electron chi connectivity index (χ1n) is 2.49. The van der Waals surface area contributed by atoms with Crippen LogP contribution in [0.5, 0.6) is 0 Å². The van der Waals surface area contributed by atoms with Gasteiger partial charge in [-0.3, -0.25) is 9.00 Å². The Bertz CT molecular complexity index is 125. The third kappa shape index (κ3) is 5.45. The fraction of sp³-hybridized carbons (Fsp3) is 0.750. The van der Waals surface area contributed by atoms with Crippen molar-refractivity contribution >= 4 is 17.0 Å². The average Bonchev–Trinajstić information content (AvgIpc) is 1.63. The fourth-order valence-electron chi connectivity index (χ4n) is 0.355. The zero-order valence-electron chi connectivity index (χ0n) is 5.05. The van der Waals surface area contributed by atoms with Gasteiger partial charge >= 0.3 is 0 Å². The van der Waals surface area contributed by atoms with E-state index in [2.05, 4.69) is 5.32 Å². The summed E-state index contributed by atoms with van der Waals surface area (Å²) < 4.78 is 19.6. The molecule has 0 saturated carbocycles. The molecule has 0 heterocycles. The number of carbonyl (C=O) groups excluding carboxylic acids is 1. The van der Waals surface area contributed by atoms with Crippen LogP contribution in [0.4, 0.5) is 0 Å². The third-order valence-electron chi connectivity index (χ3n) is 0.623. The third-order valence-corrected chi connectivity index (χ3v) is 1.12. The van der Waals surface area contributed by atoms with E-state index in [1.54, 1.807) is 6.92 Å². The summed E-state index contributed by atoms with van der Waals surface area (Å²) in [6.07, 6.45) is 0. The first kappa shape index (κ1) is 8.58. The molecule has 5 heteroatoms. The summed E-state index contributed by atoms with van der Waals surface area (Å²) in [6.45, 7) is 2.20. The summed E-state index contributed by atoms with van der Waals surface area (Å²) in [5.41, 5.74) is 0. The molecule has 0 aromatic rings. The highest BCUT2D eigenvalue weighted by atomic mass is 32.2. The van der Waals surface area contributed by atoms with Crippen LogP contribution in [0.15, 0.2) is 0 Å². The van der Waals surface area contributed by atoms with Gasteiger partial charge in [0.2, 0.25) is 5.91 Å². The highest BCUT2D eigenvalue weighted by molar-refractivity contribution is 7.79. The molecule has 0 aliphatic heterocycles. The summed E-state index contributed by atoms with van der Waals surface area (Å²) >= 11 is -2.26. The van der Waals surface area contributed by atoms with Crippen LogP contribution in [-0.2, 0) is 15.9 Å². The lowest BCUT2D eigenvalue weighted by Gasteiger charge is -2.03. The predicted molar refractivity (Wildman–Crippen MR) is 32.5 cm³/mol. The zero-order chi connectivity index (χ0) is 7.28. The Morgan fingerprint density at radius 2 is 2.33 bits per heavy atom. The lowest BCUT2D eigenvalue weighted by atomic mass is 10.6. The molecule has 9 heavy (non-hydrogen) atoms. The summed E-state index contributed by atoms with van der Waals surface area (Å²) in [4.78, 5) is 10.3. The van der Waals surface area contributed by atoms with Crippen molar-refractivity contribution in [1.82, 2.24) is 5.32 Å². The van der Waals surface area contributed by atoms with Gasteiger partial charge in [-0.15, -0.1) is 0 Å². The lowest BCUT2D eigenvalue weighted by molar-refractivity contribution is -0.118. The molecule has 1 unspecified atom stereocenters. The van der Waals surface area contributed by atoms with Gasteiger partial charge in [0.15, 0.2) is 0 Å². The molecular formula is C4H8NO3S-. The van der Waals surface area contributed by atoms with Crippen LogP contribution in [0, 0.1) is 0 Å². The van der Waals surface area contributed by atoms with Gasteiger partial charge in [0.05, 0.1) is 5.75 Å². The molecule has 0 spiro atoms. The number of nitrogens with one attached hydrogen (secondary N) is 1. The molecule has 0 saturated heterocycles. The van der Waals surface area contributed by atoms with Gasteiger partial charge in [0.25, 0.3) is 0 Å². The van der Waals surface area contributed by atoms with Crippen LogP contribution in [-0.4, -0.2) is 27.0 Å². The molecule has 4 nitrogen and oxygen atoms in total. The Hall–Kier alpha value is -0.420. The first-order chi connectivity index (χ1) is 4.16. The Kier molecular flexibility index (Phi) is 4.25. The van der Waals surface area contributed by atoms with E-state index < -0.39 is 22.7 Å². The molecule has 1 atom stereocenters. The lowest BCUT2D eigenvalue weighted by Crippen LogP contribution is -2.27. The summed E-state index contributed by atoms with van der Waals surface area (Å²) in [7, 11) is 0. The molecule has 0 aromatic heterocycles. The van der Waals surface area contributed by atoms with Crippen molar-refractivity contribution in [3.8, 4) is 0 Å². The van der Waals surface area contributed by atoms with Gasteiger partial charge in [-0.25, -0.2) is 0 Å². The van der Waals surface area contributed by atoms with Crippen molar-refractivity contribution in [2.45, 2.75) is 6.92 Å².